The average Bonchev–Trinajstić information content (AvgIpc) is 2.84. The van der Waals surface area contributed by atoms with Gasteiger partial charge in [0.1, 0.15) is 6.61 Å². The highest BCUT2D eigenvalue weighted by Crippen LogP contribution is 2.50. The van der Waals surface area contributed by atoms with E-state index < -0.39 is 0 Å². The molecule has 0 aromatic heterocycles. The monoisotopic (exact) mass is 463 g/mol. The SMILES string of the molecule is C#CCOc1ccc(C2C3=C(CCCC3=O)N(CCCOC)C3=C2C(=O)CCC3)cc1OCC. The lowest BCUT2D eigenvalue weighted by Gasteiger charge is -2.44. The predicted octanol–water partition coefficient (Wildman–Crippen LogP) is 4.55. The first-order chi connectivity index (χ1) is 16.6. The standard InChI is InChI=1S/C28H33NO5/c1-4-16-34-24-14-13-19(18-25(24)33-5-2)26-27-20(9-6-11-22(27)30)29(15-8-17-32-3)21-10-7-12-23(31)28(21)26/h1,13-14,18,26H,5-12,15-17H2,2-3H3. The normalized spacial score (nSPS) is 18.6. The molecule has 180 valence electrons. The number of carbonyl (C=O) groups is 2. The zero-order chi connectivity index (χ0) is 24.1. The minimum atomic E-state index is -0.370. The van der Waals surface area contributed by atoms with Gasteiger partial charge in [0.05, 0.1) is 6.61 Å². The van der Waals surface area contributed by atoms with Crippen molar-refractivity contribution in [2.24, 2.45) is 0 Å². The van der Waals surface area contributed by atoms with Gasteiger partial charge in [-0.05, 0) is 56.7 Å². The van der Waals surface area contributed by atoms with Gasteiger partial charge >= 0.3 is 0 Å². The highest BCUT2D eigenvalue weighted by atomic mass is 16.5. The lowest BCUT2D eigenvalue weighted by atomic mass is 9.71. The first-order valence-corrected chi connectivity index (χ1v) is 12.2. The number of carbonyl (C=O) groups excluding carboxylic acids is 2. The van der Waals surface area contributed by atoms with E-state index in [2.05, 4.69) is 10.8 Å². The highest BCUT2D eigenvalue weighted by Gasteiger charge is 2.43. The molecule has 0 spiro atoms. The fraction of sp³-hybridized carbons (Fsp3) is 0.500. The minimum Gasteiger partial charge on any atom is -0.490 e. The molecule has 0 saturated carbocycles. The second-order valence-corrected chi connectivity index (χ2v) is 8.84. The van der Waals surface area contributed by atoms with Gasteiger partial charge in [0.15, 0.2) is 23.1 Å². The molecule has 1 aromatic rings. The van der Waals surface area contributed by atoms with Crippen molar-refractivity contribution in [3.8, 4) is 23.8 Å². The Balaban J connectivity index is 1.85. The molecule has 3 aliphatic rings. The Labute approximate surface area is 201 Å². The van der Waals surface area contributed by atoms with Crippen molar-refractivity contribution in [1.29, 1.82) is 0 Å². The summed E-state index contributed by atoms with van der Waals surface area (Å²) in [5, 5.41) is 0. The summed E-state index contributed by atoms with van der Waals surface area (Å²) >= 11 is 0. The molecule has 2 aliphatic carbocycles. The van der Waals surface area contributed by atoms with Crippen molar-refractivity contribution in [3.63, 3.8) is 0 Å². The summed E-state index contributed by atoms with van der Waals surface area (Å²) in [4.78, 5) is 29.0. The number of Topliss-reactive ketones (excluding diaryl/α,β-unsaturated/α-hetero) is 2. The molecule has 0 N–H and O–H groups in total. The Bertz CT molecular complexity index is 1020. The molecule has 6 heteroatoms. The number of nitrogens with zero attached hydrogens (tertiary/aromatic N) is 1. The van der Waals surface area contributed by atoms with Gasteiger partial charge in [-0.15, -0.1) is 6.42 Å². The maximum atomic E-state index is 13.4. The highest BCUT2D eigenvalue weighted by molar-refractivity contribution is 6.06. The average molecular weight is 464 g/mol. The maximum Gasteiger partial charge on any atom is 0.162 e. The number of allylic oxidation sites excluding steroid dienone is 4. The smallest absolute Gasteiger partial charge is 0.162 e. The molecule has 0 radical (unpaired) electrons. The molecule has 0 unspecified atom stereocenters. The fourth-order valence-corrected chi connectivity index (χ4v) is 5.40. The maximum absolute atomic E-state index is 13.4. The number of hydrogen-bond acceptors (Lipinski definition) is 6. The van der Waals surface area contributed by atoms with E-state index in [0.29, 0.717) is 37.6 Å². The van der Waals surface area contributed by atoms with Crippen LogP contribution in [0.3, 0.4) is 0 Å². The molecule has 1 aliphatic heterocycles. The van der Waals surface area contributed by atoms with Crippen LogP contribution in [0, 0.1) is 12.3 Å². The summed E-state index contributed by atoms with van der Waals surface area (Å²) in [6, 6.07) is 5.70. The molecule has 34 heavy (non-hydrogen) atoms. The topological polar surface area (TPSA) is 65.1 Å². The van der Waals surface area contributed by atoms with Crippen molar-refractivity contribution in [3.05, 3.63) is 46.3 Å². The lowest BCUT2D eigenvalue weighted by molar-refractivity contribution is -0.117. The second kappa shape index (κ2) is 10.9. The molecule has 0 amide bonds. The molecular formula is C28H33NO5. The van der Waals surface area contributed by atoms with Crippen LogP contribution in [0.2, 0.25) is 0 Å². The van der Waals surface area contributed by atoms with Gasteiger partial charge in [-0.3, -0.25) is 9.59 Å². The summed E-state index contributed by atoms with van der Waals surface area (Å²) < 4.78 is 16.8. The third kappa shape index (κ3) is 4.63. The number of hydrogen-bond donors (Lipinski definition) is 0. The summed E-state index contributed by atoms with van der Waals surface area (Å²) in [5.74, 6) is 3.52. The van der Waals surface area contributed by atoms with Gasteiger partial charge < -0.3 is 19.1 Å². The Morgan fingerprint density at radius 1 is 1.00 bits per heavy atom. The largest absolute Gasteiger partial charge is 0.490 e. The number of benzene rings is 1. The zero-order valence-corrected chi connectivity index (χ0v) is 20.2. The number of ketones is 2. The van der Waals surface area contributed by atoms with Gasteiger partial charge in [-0.2, -0.15) is 0 Å². The van der Waals surface area contributed by atoms with Gasteiger partial charge in [-0.1, -0.05) is 12.0 Å². The van der Waals surface area contributed by atoms with Crippen LogP contribution in [0.5, 0.6) is 11.5 Å². The molecule has 0 saturated heterocycles. The summed E-state index contributed by atoms with van der Waals surface area (Å²) in [7, 11) is 1.70. The van der Waals surface area contributed by atoms with E-state index in [-0.39, 0.29) is 24.1 Å². The first kappa shape index (κ1) is 24.1. The van der Waals surface area contributed by atoms with E-state index in [0.717, 1.165) is 66.8 Å². The third-order valence-corrected chi connectivity index (χ3v) is 6.73. The lowest BCUT2D eigenvalue weighted by Crippen LogP contribution is -2.39. The van der Waals surface area contributed by atoms with Gasteiger partial charge in [0, 0.05) is 61.6 Å². The molecule has 1 heterocycles. The van der Waals surface area contributed by atoms with Crippen LogP contribution in [-0.4, -0.2) is 49.9 Å². The molecule has 0 atom stereocenters. The number of methoxy groups -OCH3 is 1. The number of ether oxygens (including phenoxy) is 3. The van der Waals surface area contributed by atoms with Crippen LogP contribution in [0.25, 0.3) is 0 Å². The summed E-state index contributed by atoms with van der Waals surface area (Å²) in [5.41, 5.74) is 4.60. The molecule has 1 aromatic carbocycles. The summed E-state index contributed by atoms with van der Waals surface area (Å²) in [6.07, 6.45) is 10.6. The Hall–Kier alpha value is -3.04. The van der Waals surface area contributed by atoms with Crippen molar-refractivity contribution >= 4 is 11.6 Å². The van der Waals surface area contributed by atoms with Crippen LogP contribution in [0.1, 0.15) is 63.4 Å². The van der Waals surface area contributed by atoms with Gasteiger partial charge in [0.25, 0.3) is 0 Å². The van der Waals surface area contributed by atoms with E-state index in [1.807, 2.05) is 25.1 Å². The molecule has 0 bridgehead atoms. The zero-order valence-electron chi connectivity index (χ0n) is 20.2. The van der Waals surface area contributed by atoms with Crippen molar-refractivity contribution in [1.82, 2.24) is 4.90 Å². The van der Waals surface area contributed by atoms with E-state index >= 15 is 0 Å². The van der Waals surface area contributed by atoms with Crippen molar-refractivity contribution in [2.75, 3.05) is 33.5 Å². The van der Waals surface area contributed by atoms with Crippen LogP contribution in [0.15, 0.2) is 40.7 Å². The number of rotatable bonds is 9. The molecule has 4 rings (SSSR count). The van der Waals surface area contributed by atoms with Gasteiger partial charge in [-0.25, -0.2) is 0 Å². The Morgan fingerprint density at radius 2 is 1.68 bits per heavy atom. The van der Waals surface area contributed by atoms with E-state index in [4.69, 9.17) is 20.6 Å². The quantitative estimate of drug-likeness (QED) is 0.396. The van der Waals surface area contributed by atoms with Gasteiger partial charge in [0.2, 0.25) is 0 Å². The van der Waals surface area contributed by atoms with E-state index in [9.17, 15) is 9.59 Å². The number of terminal acetylenes is 1. The Kier molecular flexibility index (Phi) is 7.74. The van der Waals surface area contributed by atoms with Crippen molar-refractivity contribution < 1.29 is 23.8 Å². The summed E-state index contributed by atoms with van der Waals surface area (Å²) in [6.45, 7) is 3.91. The second-order valence-electron chi connectivity index (χ2n) is 8.84. The predicted molar refractivity (Wildman–Crippen MR) is 130 cm³/mol. The van der Waals surface area contributed by atoms with Crippen molar-refractivity contribution in [2.45, 2.75) is 57.8 Å². The molecule has 6 nitrogen and oxygen atoms in total. The minimum absolute atomic E-state index is 0.138. The van der Waals surface area contributed by atoms with E-state index in [1.54, 1.807) is 7.11 Å². The fourth-order valence-electron chi connectivity index (χ4n) is 5.40. The van der Waals surface area contributed by atoms with Crippen LogP contribution in [-0.2, 0) is 14.3 Å². The molecular weight excluding hydrogens is 430 g/mol. The van der Waals surface area contributed by atoms with Crippen LogP contribution < -0.4 is 9.47 Å². The van der Waals surface area contributed by atoms with Crippen LogP contribution in [0.4, 0.5) is 0 Å². The molecule has 0 fully saturated rings. The first-order valence-electron chi connectivity index (χ1n) is 12.2. The Morgan fingerprint density at radius 3 is 2.26 bits per heavy atom. The van der Waals surface area contributed by atoms with E-state index in [1.165, 1.54) is 0 Å². The third-order valence-electron chi connectivity index (χ3n) is 6.73. The van der Waals surface area contributed by atoms with Crippen LogP contribution >= 0.6 is 0 Å².